The maximum atomic E-state index is 13.0. The molecule has 194 valence electrons. The van der Waals surface area contributed by atoms with Crippen molar-refractivity contribution >= 4 is 17.4 Å². The Morgan fingerprint density at radius 1 is 1.11 bits per heavy atom. The van der Waals surface area contributed by atoms with Gasteiger partial charge in [-0.3, -0.25) is 24.5 Å². The van der Waals surface area contributed by atoms with Crippen LogP contribution in [-0.4, -0.2) is 65.3 Å². The molecule has 11 heteroatoms. The third kappa shape index (κ3) is 7.11. The Kier molecular flexibility index (Phi) is 8.14. The minimum absolute atomic E-state index is 0.0271. The third-order valence-electron chi connectivity index (χ3n) is 5.92. The summed E-state index contributed by atoms with van der Waals surface area (Å²) < 4.78 is 48.3. The zero-order valence-corrected chi connectivity index (χ0v) is 20.0. The van der Waals surface area contributed by atoms with Crippen LogP contribution in [0.4, 0.5) is 18.9 Å². The van der Waals surface area contributed by atoms with Crippen molar-refractivity contribution < 1.29 is 32.2 Å². The summed E-state index contributed by atoms with van der Waals surface area (Å²) in [7, 11) is 0. The summed E-state index contributed by atoms with van der Waals surface area (Å²) in [6.07, 6.45) is -0.122. The molecular formula is C26H25F3N4O4. The minimum atomic E-state index is -4.97. The van der Waals surface area contributed by atoms with E-state index in [1.165, 1.54) is 12.1 Å². The van der Waals surface area contributed by atoms with E-state index in [0.717, 1.165) is 11.6 Å². The number of Topliss-reactive ketones (excluding diaryl/α,β-unsaturated/α-hetero) is 1. The van der Waals surface area contributed by atoms with Crippen LogP contribution in [0.15, 0.2) is 61.1 Å². The molecule has 0 bridgehead atoms. The lowest BCUT2D eigenvalue weighted by molar-refractivity contribution is -0.274. The highest BCUT2D eigenvalue weighted by Gasteiger charge is 2.33. The number of nitrogens with zero attached hydrogens (tertiary/aromatic N) is 3. The van der Waals surface area contributed by atoms with Crippen LogP contribution >= 0.6 is 0 Å². The SMILES string of the molecule is CC(C(=O)Nc1cc(C(=O)Cc2ccc(-c3ccncc3)nc2)ccc1OC(F)(F)F)N1CCOCC1. The average Bonchev–Trinajstić information content (AvgIpc) is 2.90. The largest absolute Gasteiger partial charge is 0.573 e. The second-order valence-electron chi connectivity index (χ2n) is 8.46. The molecule has 0 radical (unpaired) electrons. The van der Waals surface area contributed by atoms with Gasteiger partial charge in [-0.2, -0.15) is 0 Å². The lowest BCUT2D eigenvalue weighted by Crippen LogP contribution is -2.47. The van der Waals surface area contributed by atoms with Crippen molar-refractivity contribution in [1.29, 1.82) is 0 Å². The highest BCUT2D eigenvalue weighted by Crippen LogP contribution is 2.32. The van der Waals surface area contributed by atoms with E-state index in [9.17, 15) is 22.8 Å². The minimum Gasteiger partial charge on any atom is -0.404 e. The second kappa shape index (κ2) is 11.5. The summed E-state index contributed by atoms with van der Waals surface area (Å²) in [4.78, 5) is 36.0. The van der Waals surface area contributed by atoms with E-state index in [4.69, 9.17) is 4.74 Å². The molecule has 8 nitrogen and oxygen atoms in total. The standard InChI is InChI=1S/C26H25F3N4O4/c1-17(33-10-12-36-13-11-33)25(35)32-22-15-20(3-5-24(22)37-26(27,28)29)23(34)14-18-2-4-21(31-16-18)19-6-8-30-9-7-19/h2-9,15-17H,10-14H2,1H3,(H,32,35). The smallest absolute Gasteiger partial charge is 0.404 e. The van der Waals surface area contributed by atoms with E-state index < -0.39 is 24.1 Å². The van der Waals surface area contributed by atoms with Gasteiger partial charge in [-0.15, -0.1) is 13.2 Å². The number of hydrogen-bond acceptors (Lipinski definition) is 7. The Hall–Kier alpha value is -3.83. The summed E-state index contributed by atoms with van der Waals surface area (Å²) >= 11 is 0. The quantitative estimate of drug-likeness (QED) is 0.452. The lowest BCUT2D eigenvalue weighted by Gasteiger charge is -2.31. The van der Waals surface area contributed by atoms with Crippen LogP contribution in [0.25, 0.3) is 11.3 Å². The first-order chi connectivity index (χ1) is 17.7. The number of aromatic nitrogens is 2. The van der Waals surface area contributed by atoms with Gasteiger partial charge in [0.15, 0.2) is 11.5 Å². The summed E-state index contributed by atoms with van der Waals surface area (Å²) in [5.41, 5.74) is 2.11. The number of carbonyl (C=O) groups excluding carboxylic acids is 2. The predicted octanol–water partition coefficient (Wildman–Crippen LogP) is 4.13. The molecule has 4 rings (SSSR count). The summed E-state index contributed by atoms with van der Waals surface area (Å²) in [5.74, 6) is -1.47. The van der Waals surface area contributed by atoms with Crippen molar-refractivity contribution in [3.05, 3.63) is 72.2 Å². The van der Waals surface area contributed by atoms with E-state index >= 15 is 0 Å². The number of anilines is 1. The number of alkyl halides is 3. The number of ketones is 1. The van der Waals surface area contributed by atoms with Crippen molar-refractivity contribution in [2.45, 2.75) is 25.7 Å². The summed E-state index contributed by atoms with van der Waals surface area (Å²) in [6, 6.07) is 10.0. The fourth-order valence-corrected chi connectivity index (χ4v) is 3.89. The van der Waals surface area contributed by atoms with Crippen LogP contribution in [0.3, 0.4) is 0 Å². The molecule has 1 saturated heterocycles. The van der Waals surface area contributed by atoms with Crippen molar-refractivity contribution in [3.63, 3.8) is 0 Å². The lowest BCUT2D eigenvalue weighted by atomic mass is 10.0. The third-order valence-corrected chi connectivity index (χ3v) is 5.92. The number of halogens is 3. The first-order valence-corrected chi connectivity index (χ1v) is 11.6. The van der Waals surface area contributed by atoms with Gasteiger partial charge in [-0.25, -0.2) is 0 Å². The van der Waals surface area contributed by atoms with Crippen molar-refractivity contribution in [3.8, 4) is 17.0 Å². The molecule has 1 aliphatic rings. The molecule has 2 aromatic heterocycles. The summed E-state index contributed by atoms with van der Waals surface area (Å²) in [6.45, 7) is 3.62. The van der Waals surface area contributed by atoms with Crippen LogP contribution in [0, 0.1) is 0 Å². The fraction of sp³-hybridized carbons (Fsp3) is 0.308. The molecule has 0 spiro atoms. The zero-order valence-electron chi connectivity index (χ0n) is 20.0. The van der Waals surface area contributed by atoms with Gasteiger partial charge >= 0.3 is 6.36 Å². The van der Waals surface area contributed by atoms with E-state index in [2.05, 4.69) is 20.0 Å². The van der Waals surface area contributed by atoms with Crippen LogP contribution in [0.2, 0.25) is 0 Å². The van der Waals surface area contributed by atoms with Gasteiger partial charge < -0.3 is 14.8 Å². The molecule has 1 N–H and O–H groups in total. The zero-order chi connectivity index (χ0) is 26.4. The van der Waals surface area contributed by atoms with Crippen LogP contribution in [0.1, 0.15) is 22.8 Å². The van der Waals surface area contributed by atoms with Gasteiger partial charge in [0.2, 0.25) is 5.91 Å². The first-order valence-electron chi connectivity index (χ1n) is 11.6. The van der Waals surface area contributed by atoms with E-state index in [0.29, 0.717) is 37.6 Å². The van der Waals surface area contributed by atoms with Gasteiger partial charge in [-0.05, 0) is 48.9 Å². The molecule has 1 fully saturated rings. The maximum absolute atomic E-state index is 13.0. The molecular weight excluding hydrogens is 489 g/mol. The molecule has 37 heavy (non-hydrogen) atoms. The maximum Gasteiger partial charge on any atom is 0.573 e. The Labute approximate surface area is 211 Å². The molecule has 1 aliphatic heterocycles. The number of amides is 1. The van der Waals surface area contributed by atoms with Gasteiger partial charge in [-0.1, -0.05) is 6.07 Å². The average molecular weight is 515 g/mol. The highest BCUT2D eigenvalue weighted by atomic mass is 19.4. The van der Waals surface area contributed by atoms with Crippen LogP contribution in [-0.2, 0) is 16.0 Å². The fourth-order valence-electron chi connectivity index (χ4n) is 3.89. The van der Waals surface area contributed by atoms with Gasteiger partial charge in [0, 0.05) is 49.2 Å². The van der Waals surface area contributed by atoms with Crippen molar-refractivity contribution in [1.82, 2.24) is 14.9 Å². The van der Waals surface area contributed by atoms with Crippen molar-refractivity contribution in [2.24, 2.45) is 0 Å². The number of pyridine rings is 2. The molecule has 0 aliphatic carbocycles. The molecule has 1 unspecified atom stereocenters. The highest BCUT2D eigenvalue weighted by molar-refractivity contribution is 6.01. The van der Waals surface area contributed by atoms with Gasteiger partial charge in [0.25, 0.3) is 0 Å². The van der Waals surface area contributed by atoms with Crippen LogP contribution in [0.5, 0.6) is 5.75 Å². The predicted molar refractivity (Wildman–Crippen MR) is 129 cm³/mol. The molecule has 3 aromatic rings. The molecule has 1 amide bonds. The Balaban J connectivity index is 1.51. The number of benzene rings is 1. The monoisotopic (exact) mass is 514 g/mol. The first kappa shape index (κ1) is 26.2. The molecule has 1 atom stereocenters. The Bertz CT molecular complexity index is 1230. The van der Waals surface area contributed by atoms with E-state index in [1.54, 1.807) is 37.6 Å². The second-order valence-corrected chi connectivity index (χ2v) is 8.46. The number of morpholine rings is 1. The van der Waals surface area contributed by atoms with Crippen molar-refractivity contribution in [2.75, 3.05) is 31.6 Å². The van der Waals surface area contributed by atoms with Crippen LogP contribution < -0.4 is 10.1 Å². The van der Waals surface area contributed by atoms with Gasteiger partial charge in [0.1, 0.15) is 0 Å². The summed E-state index contributed by atoms with van der Waals surface area (Å²) in [5, 5.41) is 2.50. The number of carbonyl (C=O) groups is 2. The molecule has 0 saturated carbocycles. The number of nitrogens with one attached hydrogen (secondary N) is 1. The number of ether oxygens (including phenoxy) is 2. The number of hydrogen-bond donors (Lipinski definition) is 1. The molecule has 1 aromatic carbocycles. The van der Waals surface area contributed by atoms with Gasteiger partial charge in [0.05, 0.1) is 30.6 Å². The normalized spacial score (nSPS) is 15.1. The molecule has 3 heterocycles. The Morgan fingerprint density at radius 3 is 2.49 bits per heavy atom. The van der Waals surface area contributed by atoms with E-state index in [-0.39, 0.29) is 23.5 Å². The topological polar surface area (TPSA) is 93.7 Å². The Morgan fingerprint density at radius 2 is 1.84 bits per heavy atom. The van der Waals surface area contributed by atoms with E-state index in [1.807, 2.05) is 17.0 Å². The number of rotatable bonds is 8.